The van der Waals surface area contributed by atoms with Crippen LogP contribution >= 0.6 is 34.0 Å². The smallest absolute Gasteiger partial charge is 0.268 e. The zero-order valence-electron chi connectivity index (χ0n) is 18.8. The molecular weight excluding hydrogens is 483 g/mol. The first-order valence-corrected chi connectivity index (χ1v) is 13.4. The molecule has 4 nitrogen and oxygen atoms in total. The zero-order chi connectivity index (χ0) is 23.8. The lowest BCUT2D eigenvalue weighted by atomic mass is 9.76. The van der Waals surface area contributed by atoms with E-state index < -0.39 is 16.3 Å². The summed E-state index contributed by atoms with van der Waals surface area (Å²) in [7, 11) is 1.92. The fourth-order valence-corrected chi connectivity index (χ4v) is 8.07. The topological polar surface area (TPSA) is 57.6 Å². The Hall–Kier alpha value is -3.00. The molecule has 0 saturated heterocycles. The number of thiophene rings is 3. The van der Waals surface area contributed by atoms with Gasteiger partial charge in [0.15, 0.2) is 5.75 Å². The molecule has 2 aromatic carbocycles. The van der Waals surface area contributed by atoms with E-state index in [2.05, 4.69) is 73.8 Å². The Labute approximate surface area is 208 Å². The standard InChI is InChI=1S/C27H21NO3S3/c1-27(2)15-13-14(6-7-16(15)28(3)26(27)22-23(29)25(31)24(22)30)17-8-9-20(33-17)21-11-10-19(34-21)18-5-4-12-32-18/h4-13,26,29H,1-3H3. The van der Waals surface area contributed by atoms with Gasteiger partial charge in [0.2, 0.25) is 5.43 Å². The van der Waals surface area contributed by atoms with Crippen molar-refractivity contribution >= 4 is 39.7 Å². The van der Waals surface area contributed by atoms with Crippen LogP contribution in [0.15, 0.2) is 69.6 Å². The van der Waals surface area contributed by atoms with Crippen molar-refractivity contribution in [3.05, 3.63) is 91.6 Å². The molecular formula is C27H21NO3S3. The van der Waals surface area contributed by atoms with Gasteiger partial charge in [-0.05, 0) is 59.0 Å². The van der Waals surface area contributed by atoms with Crippen LogP contribution in [0.3, 0.4) is 0 Å². The summed E-state index contributed by atoms with van der Waals surface area (Å²) in [6, 6.07) is 19.0. The molecule has 34 heavy (non-hydrogen) atoms. The van der Waals surface area contributed by atoms with Crippen LogP contribution in [0.25, 0.3) is 29.9 Å². The van der Waals surface area contributed by atoms with E-state index in [1.54, 1.807) is 22.7 Å². The quantitative estimate of drug-likeness (QED) is 0.279. The molecule has 0 aliphatic carbocycles. The first-order chi connectivity index (χ1) is 16.3. The van der Waals surface area contributed by atoms with Crippen molar-refractivity contribution in [3.63, 3.8) is 0 Å². The molecule has 6 rings (SSSR count). The van der Waals surface area contributed by atoms with Crippen molar-refractivity contribution in [2.75, 3.05) is 11.9 Å². The summed E-state index contributed by atoms with van der Waals surface area (Å²) in [5.74, 6) is -0.385. The molecule has 0 amide bonds. The third-order valence-electron chi connectivity index (χ3n) is 6.84. The number of hydrogen-bond acceptors (Lipinski definition) is 7. The van der Waals surface area contributed by atoms with Gasteiger partial charge in [-0.1, -0.05) is 26.0 Å². The molecule has 0 fully saturated rings. The maximum atomic E-state index is 12.3. The van der Waals surface area contributed by atoms with Gasteiger partial charge in [0.1, 0.15) is 0 Å². The van der Waals surface area contributed by atoms with Gasteiger partial charge in [0, 0.05) is 42.5 Å². The number of nitrogens with zero attached hydrogens (tertiary/aromatic N) is 1. The van der Waals surface area contributed by atoms with Gasteiger partial charge in [-0.3, -0.25) is 9.59 Å². The van der Waals surface area contributed by atoms with E-state index in [1.165, 1.54) is 24.4 Å². The summed E-state index contributed by atoms with van der Waals surface area (Å²) in [4.78, 5) is 32.2. The third kappa shape index (κ3) is 3.00. The van der Waals surface area contributed by atoms with E-state index in [-0.39, 0.29) is 17.4 Å². The summed E-state index contributed by atoms with van der Waals surface area (Å²) >= 11 is 5.34. The number of rotatable bonds is 4. The van der Waals surface area contributed by atoms with Crippen molar-refractivity contribution in [1.82, 2.24) is 0 Å². The minimum atomic E-state index is -0.780. The van der Waals surface area contributed by atoms with Crippen LogP contribution in [0, 0.1) is 0 Å². The van der Waals surface area contributed by atoms with Gasteiger partial charge >= 0.3 is 0 Å². The minimum absolute atomic E-state index is 0.230. The van der Waals surface area contributed by atoms with Crippen molar-refractivity contribution in [3.8, 4) is 35.7 Å². The van der Waals surface area contributed by atoms with Crippen LogP contribution in [-0.2, 0) is 5.41 Å². The number of likely N-dealkylation sites (N-methyl/N-ethyl adjacent to an activating group) is 1. The minimum Gasteiger partial charge on any atom is -0.504 e. The number of aromatic hydroxyl groups is 1. The van der Waals surface area contributed by atoms with Gasteiger partial charge in [-0.15, -0.1) is 34.0 Å². The molecule has 170 valence electrons. The van der Waals surface area contributed by atoms with Crippen molar-refractivity contribution in [1.29, 1.82) is 0 Å². The molecule has 4 heterocycles. The van der Waals surface area contributed by atoms with Gasteiger partial charge in [-0.2, -0.15) is 0 Å². The van der Waals surface area contributed by atoms with Crippen molar-refractivity contribution in [2.24, 2.45) is 0 Å². The average molecular weight is 504 g/mol. The van der Waals surface area contributed by atoms with Crippen molar-refractivity contribution < 1.29 is 5.11 Å². The molecule has 0 radical (unpaired) electrons. The Kier molecular flexibility index (Phi) is 4.75. The second-order valence-electron chi connectivity index (χ2n) is 9.19. The molecule has 0 spiro atoms. The van der Waals surface area contributed by atoms with Crippen LogP contribution in [-0.4, -0.2) is 12.2 Å². The average Bonchev–Trinajstić information content (AvgIpc) is 3.63. The first kappa shape index (κ1) is 21.5. The number of anilines is 1. The molecule has 1 aliphatic heterocycles. The Bertz CT molecular complexity index is 1610. The summed E-state index contributed by atoms with van der Waals surface area (Å²) in [6.07, 6.45) is 0. The highest BCUT2D eigenvalue weighted by atomic mass is 32.1. The second kappa shape index (κ2) is 7.50. The number of hydrogen-bond donors (Lipinski definition) is 1. The molecule has 1 unspecified atom stereocenters. The van der Waals surface area contributed by atoms with E-state index in [1.807, 2.05) is 23.3 Å². The van der Waals surface area contributed by atoms with Crippen LogP contribution in [0.5, 0.6) is 5.75 Å². The van der Waals surface area contributed by atoms with Gasteiger partial charge in [0.05, 0.1) is 11.6 Å². The van der Waals surface area contributed by atoms with E-state index >= 15 is 0 Å². The summed E-state index contributed by atoms with van der Waals surface area (Å²) in [5, 5.41) is 12.2. The van der Waals surface area contributed by atoms with E-state index in [4.69, 9.17) is 0 Å². The van der Waals surface area contributed by atoms with Crippen LogP contribution in [0.4, 0.5) is 5.69 Å². The molecule has 0 bridgehead atoms. The summed E-state index contributed by atoms with van der Waals surface area (Å²) in [5.41, 5.74) is 1.68. The van der Waals surface area contributed by atoms with Gasteiger partial charge < -0.3 is 10.0 Å². The number of fused-ring (bicyclic) bond motifs is 1. The fourth-order valence-electron chi connectivity index (χ4n) is 5.14. The fraction of sp³-hybridized carbons (Fsp3) is 0.185. The second-order valence-corrected chi connectivity index (χ2v) is 12.3. The lowest BCUT2D eigenvalue weighted by molar-refractivity contribution is 0.396. The Balaban J connectivity index is 1.35. The monoisotopic (exact) mass is 503 g/mol. The Morgan fingerprint density at radius 3 is 2.15 bits per heavy atom. The Morgan fingerprint density at radius 2 is 1.50 bits per heavy atom. The molecule has 5 aromatic rings. The highest BCUT2D eigenvalue weighted by Gasteiger charge is 2.48. The Morgan fingerprint density at radius 1 is 0.853 bits per heavy atom. The van der Waals surface area contributed by atoms with Crippen LogP contribution < -0.4 is 15.8 Å². The highest BCUT2D eigenvalue weighted by molar-refractivity contribution is 7.27. The molecule has 1 N–H and O–H groups in total. The molecule has 1 atom stereocenters. The third-order valence-corrected chi connectivity index (χ3v) is 10.3. The number of benzene rings is 1. The normalized spacial score (nSPS) is 16.9. The molecule has 0 saturated carbocycles. The summed E-state index contributed by atoms with van der Waals surface area (Å²) < 4.78 is 0. The van der Waals surface area contributed by atoms with Crippen molar-refractivity contribution in [2.45, 2.75) is 25.3 Å². The van der Waals surface area contributed by atoms with Crippen LogP contribution in [0.1, 0.15) is 31.0 Å². The maximum Gasteiger partial charge on any atom is 0.268 e. The largest absolute Gasteiger partial charge is 0.504 e. The van der Waals surface area contributed by atoms with E-state index in [0.717, 1.165) is 16.8 Å². The molecule has 1 aliphatic rings. The first-order valence-electron chi connectivity index (χ1n) is 10.9. The lowest BCUT2D eigenvalue weighted by Gasteiger charge is -2.33. The molecule has 7 heteroatoms. The predicted octanol–water partition coefficient (Wildman–Crippen LogP) is 6.64. The van der Waals surface area contributed by atoms with Crippen LogP contribution in [0.2, 0.25) is 0 Å². The summed E-state index contributed by atoms with van der Waals surface area (Å²) in [6.45, 7) is 4.13. The predicted molar refractivity (Wildman–Crippen MR) is 144 cm³/mol. The van der Waals surface area contributed by atoms with Gasteiger partial charge in [-0.25, -0.2) is 0 Å². The van der Waals surface area contributed by atoms with E-state index in [9.17, 15) is 14.7 Å². The lowest BCUT2D eigenvalue weighted by Crippen LogP contribution is -2.43. The zero-order valence-corrected chi connectivity index (χ0v) is 21.2. The SMILES string of the molecule is CN1c2ccc(-c3ccc(-c4ccc(-c5cccs5)s4)s3)cc2C(C)(C)C1c1c(O)c(=O)c1=O. The molecule has 3 aromatic heterocycles. The van der Waals surface area contributed by atoms with E-state index in [0.29, 0.717) is 0 Å². The van der Waals surface area contributed by atoms with Gasteiger partial charge in [0.25, 0.3) is 5.43 Å². The maximum absolute atomic E-state index is 12.3. The highest BCUT2D eigenvalue weighted by Crippen LogP contribution is 2.54.